The van der Waals surface area contributed by atoms with E-state index in [-0.39, 0.29) is 11.9 Å². The molecule has 0 fully saturated rings. The molecule has 8 nitrogen and oxygen atoms in total. The third-order valence-electron chi connectivity index (χ3n) is 4.01. The second kappa shape index (κ2) is 7.04. The minimum absolute atomic E-state index is 0.0762. The van der Waals surface area contributed by atoms with E-state index in [1.165, 1.54) is 0 Å². The summed E-state index contributed by atoms with van der Waals surface area (Å²) in [7, 11) is 1.65. The van der Waals surface area contributed by atoms with Gasteiger partial charge in [0, 0.05) is 32.3 Å². The molecular weight excluding hydrogens is 310 g/mol. The van der Waals surface area contributed by atoms with Crippen molar-refractivity contribution in [1.82, 2.24) is 24.9 Å². The molecule has 0 saturated carbocycles. The Labute approximate surface area is 140 Å². The first-order valence-electron chi connectivity index (χ1n) is 8.11. The van der Waals surface area contributed by atoms with Gasteiger partial charge in [0.1, 0.15) is 0 Å². The second-order valence-corrected chi connectivity index (χ2v) is 5.99. The molecule has 0 saturated heterocycles. The van der Waals surface area contributed by atoms with Gasteiger partial charge in [-0.1, -0.05) is 0 Å². The van der Waals surface area contributed by atoms with Crippen LogP contribution >= 0.6 is 0 Å². The number of fused-ring (bicyclic) bond motifs is 1. The van der Waals surface area contributed by atoms with Crippen LogP contribution in [0, 0.1) is 6.92 Å². The van der Waals surface area contributed by atoms with Crippen LogP contribution < -0.4 is 10.1 Å². The molecular formula is C16H23N5O3. The first kappa shape index (κ1) is 16.5. The highest BCUT2D eigenvalue weighted by atomic mass is 16.5. The zero-order valence-corrected chi connectivity index (χ0v) is 14.3. The van der Waals surface area contributed by atoms with Gasteiger partial charge in [-0.25, -0.2) is 4.68 Å². The molecule has 1 amide bonds. The van der Waals surface area contributed by atoms with Crippen LogP contribution in [0.5, 0.6) is 5.88 Å². The molecule has 1 atom stereocenters. The molecule has 24 heavy (non-hydrogen) atoms. The van der Waals surface area contributed by atoms with Crippen LogP contribution in [0.2, 0.25) is 0 Å². The van der Waals surface area contributed by atoms with Gasteiger partial charge in [-0.3, -0.25) is 9.48 Å². The van der Waals surface area contributed by atoms with Gasteiger partial charge in [0.25, 0.3) is 5.91 Å². The van der Waals surface area contributed by atoms with Crippen LogP contribution in [0.25, 0.3) is 0 Å². The topological polar surface area (TPSA) is 83.2 Å². The summed E-state index contributed by atoms with van der Waals surface area (Å²) in [5.74, 6) is 0.609. The molecule has 3 heterocycles. The van der Waals surface area contributed by atoms with E-state index in [1.54, 1.807) is 18.0 Å². The van der Waals surface area contributed by atoms with Crippen molar-refractivity contribution in [3.63, 3.8) is 0 Å². The second-order valence-electron chi connectivity index (χ2n) is 5.99. The number of carbonyl (C=O) groups is 1. The molecule has 1 aliphatic rings. The number of aryl methyl sites for hydroxylation is 2. The summed E-state index contributed by atoms with van der Waals surface area (Å²) in [6.07, 6.45) is 2.72. The number of hydrogen-bond donors (Lipinski definition) is 1. The summed E-state index contributed by atoms with van der Waals surface area (Å²) in [6, 6.07) is 1.95. The first-order valence-corrected chi connectivity index (χ1v) is 8.11. The Hall–Kier alpha value is -2.35. The minimum atomic E-state index is -0.157. The maximum atomic E-state index is 12.4. The number of carbonyl (C=O) groups excluding carboxylic acids is 1. The molecule has 0 bridgehead atoms. The Kier molecular flexibility index (Phi) is 4.84. The van der Waals surface area contributed by atoms with E-state index in [0.717, 1.165) is 31.1 Å². The lowest BCUT2D eigenvalue weighted by atomic mass is 10.2. The van der Waals surface area contributed by atoms with Gasteiger partial charge in [0.05, 0.1) is 42.8 Å². The van der Waals surface area contributed by atoms with Gasteiger partial charge in [0.15, 0.2) is 0 Å². The predicted molar refractivity (Wildman–Crippen MR) is 87.1 cm³/mol. The van der Waals surface area contributed by atoms with Gasteiger partial charge >= 0.3 is 0 Å². The number of nitrogens with one attached hydrogen (secondary N) is 1. The molecule has 130 valence electrons. The fraction of sp³-hybridized carbons (Fsp3) is 0.562. The van der Waals surface area contributed by atoms with Crippen molar-refractivity contribution in [3.05, 3.63) is 29.2 Å². The quantitative estimate of drug-likeness (QED) is 0.862. The molecule has 1 N–H and O–H groups in total. The highest BCUT2D eigenvalue weighted by molar-refractivity contribution is 5.94. The third-order valence-corrected chi connectivity index (χ3v) is 4.01. The van der Waals surface area contributed by atoms with Crippen molar-refractivity contribution in [2.75, 3.05) is 20.3 Å². The van der Waals surface area contributed by atoms with E-state index in [2.05, 4.69) is 15.5 Å². The maximum absolute atomic E-state index is 12.4. The number of amides is 1. The van der Waals surface area contributed by atoms with Gasteiger partial charge < -0.3 is 14.8 Å². The lowest BCUT2D eigenvalue weighted by molar-refractivity contribution is 0.0949. The molecule has 1 unspecified atom stereocenters. The van der Waals surface area contributed by atoms with Crippen LogP contribution in [-0.2, 0) is 17.8 Å². The summed E-state index contributed by atoms with van der Waals surface area (Å²) in [5, 5.41) is 11.7. The summed E-state index contributed by atoms with van der Waals surface area (Å²) < 4.78 is 14.3. The van der Waals surface area contributed by atoms with Gasteiger partial charge in [-0.15, -0.1) is 0 Å². The van der Waals surface area contributed by atoms with Crippen molar-refractivity contribution >= 4 is 5.91 Å². The number of rotatable bonds is 6. The average molecular weight is 333 g/mol. The molecule has 2 aromatic rings. The largest absolute Gasteiger partial charge is 0.478 e. The van der Waals surface area contributed by atoms with Gasteiger partial charge in [0.2, 0.25) is 5.88 Å². The van der Waals surface area contributed by atoms with E-state index in [0.29, 0.717) is 24.4 Å². The average Bonchev–Trinajstić information content (AvgIpc) is 3.16. The summed E-state index contributed by atoms with van der Waals surface area (Å²) in [4.78, 5) is 12.4. The van der Waals surface area contributed by atoms with Crippen molar-refractivity contribution < 1.29 is 14.3 Å². The summed E-state index contributed by atoms with van der Waals surface area (Å²) in [5.41, 5.74) is 2.05. The van der Waals surface area contributed by atoms with Crippen LogP contribution in [-0.4, -0.2) is 45.8 Å². The highest BCUT2D eigenvalue weighted by Crippen LogP contribution is 2.18. The number of ether oxygens (including phenoxy) is 2. The smallest absolute Gasteiger partial charge is 0.255 e. The fourth-order valence-electron chi connectivity index (χ4n) is 2.72. The number of nitrogens with zero attached hydrogens (tertiary/aromatic N) is 4. The number of hydrogen-bond acceptors (Lipinski definition) is 5. The van der Waals surface area contributed by atoms with E-state index < -0.39 is 0 Å². The maximum Gasteiger partial charge on any atom is 0.255 e. The van der Waals surface area contributed by atoms with Crippen LogP contribution in [0.15, 0.2) is 12.3 Å². The zero-order valence-electron chi connectivity index (χ0n) is 14.3. The number of aromatic nitrogens is 4. The molecule has 0 radical (unpaired) electrons. The molecule has 8 heteroatoms. The van der Waals surface area contributed by atoms with Crippen molar-refractivity contribution in [3.8, 4) is 5.88 Å². The molecule has 2 aromatic heterocycles. The molecule has 0 aliphatic carbocycles. The third kappa shape index (κ3) is 3.43. The van der Waals surface area contributed by atoms with Crippen molar-refractivity contribution in [1.29, 1.82) is 0 Å². The monoisotopic (exact) mass is 333 g/mol. The fourth-order valence-corrected chi connectivity index (χ4v) is 2.72. The summed E-state index contributed by atoms with van der Waals surface area (Å²) >= 11 is 0. The minimum Gasteiger partial charge on any atom is -0.478 e. The van der Waals surface area contributed by atoms with Crippen molar-refractivity contribution in [2.24, 2.45) is 0 Å². The molecule has 0 spiro atoms. The molecule has 3 rings (SSSR count). The SMILES string of the molecule is COCC(C)n1cc(C(=O)NCc2cc3n(n2)CCCO3)c(C)n1. The molecule has 0 aromatic carbocycles. The Morgan fingerprint density at radius 2 is 2.33 bits per heavy atom. The summed E-state index contributed by atoms with van der Waals surface area (Å²) in [6.45, 7) is 6.30. The zero-order chi connectivity index (χ0) is 17.1. The van der Waals surface area contributed by atoms with E-state index in [4.69, 9.17) is 9.47 Å². The highest BCUT2D eigenvalue weighted by Gasteiger charge is 2.17. The van der Waals surface area contributed by atoms with Gasteiger partial charge in [-0.05, 0) is 13.8 Å². The Balaban J connectivity index is 1.63. The Morgan fingerprint density at radius 3 is 3.08 bits per heavy atom. The van der Waals surface area contributed by atoms with E-state index in [1.807, 2.05) is 24.6 Å². The van der Waals surface area contributed by atoms with E-state index in [9.17, 15) is 4.79 Å². The van der Waals surface area contributed by atoms with Crippen molar-refractivity contribution in [2.45, 2.75) is 39.4 Å². The van der Waals surface area contributed by atoms with Crippen LogP contribution in [0.4, 0.5) is 0 Å². The van der Waals surface area contributed by atoms with Crippen LogP contribution in [0.1, 0.15) is 41.1 Å². The lowest BCUT2D eigenvalue weighted by Gasteiger charge is -2.13. The lowest BCUT2D eigenvalue weighted by Crippen LogP contribution is -2.23. The predicted octanol–water partition coefficient (Wildman–Crippen LogP) is 1.31. The Bertz CT molecular complexity index is 698. The number of methoxy groups -OCH3 is 1. The normalized spacial score (nSPS) is 14.8. The standard InChI is InChI=1S/C16H23N5O3/c1-11(10-23-3)21-9-14(12(2)18-21)16(22)17-8-13-7-15-20(19-13)5-4-6-24-15/h7,9,11H,4-6,8,10H2,1-3H3,(H,17,22). The van der Waals surface area contributed by atoms with Crippen LogP contribution in [0.3, 0.4) is 0 Å². The Morgan fingerprint density at radius 1 is 1.50 bits per heavy atom. The first-order chi connectivity index (χ1) is 11.6. The van der Waals surface area contributed by atoms with Gasteiger partial charge in [-0.2, -0.15) is 10.2 Å². The van der Waals surface area contributed by atoms with E-state index >= 15 is 0 Å². The molecule has 1 aliphatic heterocycles.